The van der Waals surface area contributed by atoms with E-state index in [2.05, 4.69) is 10.2 Å². The SMILES string of the molecule is CCNC(=NCC1CCCCN1C(=O)OC(C)(C)C)N1CCN(C(=O)c2ccco2)CC1. The minimum Gasteiger partial charge on any atom is -0.459 e. The van der Waals surface area contributed by atoms with Crippen LogP contribution in [0.3, 0.4) is 0 Å². The first-order valence-electron chi connectivity index (χ1n) is 11.6. The van der Waals surface area contributed by atoms with Crippen LogP contribution in [0, 0.1) is 0 Å². The minimum absolute atomic E-state index is 0.0362. The summed E-state index contributed by atoms with van der Waals surface area (Å²) in [5, 5.41) is 3.37. The first-order valence-corrected chi connectivity index (χ1v) is 11.6. The standard InChI is InChI=1S/C23H37N5O4/c1-5-24-21(27-14-12-26(13-15-27)20(29)19-10-8-16-31-19)25-17-18-9-6-7-11-28(18)22(30)32-23(2,3)4/h8,10,16,18H,5-7,9,11-15,17H2,1-4H3,(H,24,25). The lowest BCUT2D eigenvalue weighted by Gasteiger charge is -2.38. The largest absolute Gasteiger partial charge is 0.459 e. The Balaban J connectivity index is 1.60. The number of amides is 2. The number of hydrogen-bond acceptors (Lipinski definition) is 5. The molecule has 0 bridgehead atoms. The number of piperazine rings is 1. The molecular formula is C23H37N5O4. The zero-order valence-electron chi connectivity index (χ0n) is 19.8. The molecule has 3 rings (SSSR count). The molecule has 0 aromatic carbocycles. The number of hydrogen-bond donors (Lipinski definition) is 1. The maximum Gasteiger partial charge on any atom is 0.410 e. The maximum absolute atomic E-state index is 12.7. The monoisotopic (exact) mass is 447 g/mol. The molecule has 2 fully saturated rings. The average molecular weight is 448 g/mol. The highest BCUT2D eigenvalue weighted by Gasteiger charge is 2.31. The van der Waals surface area contributed by atoms with Crippen LogP contribution in [0.5, 0.6) is 0 Å². The predicted octanol–water partition coefficient (Wildman–Crippen LogP) is 2.79. The summed E-state index contributed by atoms with van der Waals surface area (Å²) in [4.78, 5) is 35.9. The van der Waals surface area contributed by atoms with Crippen molar-refractivity contribution in [1.29, 1.82) is 0 Å². The number of rotatable bonds is 4. The zero-order valence-corrected chi connectivity index (χ0v) is 19.8. The number of nitrogens with zero attached hydrogens (tertiary/aromatic N) is 4. The summed E-state index contributed by atoms with van der Waals surface area (Å²) in [5.74, 6) is 1.12. The summed E-state index contributed by atoms with van der Waals surface area (Å²) in [6.07, 6.45) is 4.26. The third kappa shape index (κ3) is 6.40. The highest BCUT2D eigenvalue weighted by Crippen LogP contribution is 2.21. The van der Waals surface area contributed by atoms with E-state index in [0.29, 0.717) is 45.0 Å². The molecule has 2 aliphatic rings. The second-order valence-corrected chi connectivity index (χ2v) is 9.27. The highest BCUT2D eigenvalue weighted by atomic mass is 16.6. The Bertz CT molecular complexity index is 779. The second kappa shape index (κ2) is 10.7. The molecule has 1 atom stereocenters. The van der Waals surface area contributed by atoms with Crippen LogP contribution >= 0.6 is 0 Å². The predicted molar refractivity (Wildman–Crippen MR) is 123 cm³/mol. The van der Waals surface area contributed by atoms with Crippen molar-refractivity contribution in [1.82, 2.24) is 20.0 Å². The first-order chi connectivity index (χ1) is 15.3. The summed E-state index contributed by atoms with van der Waals surface area (Å²) in [5.41, 5.74) is -0.510. The van der Waals surface area contributed by atoms with E-state index >= 15 is 0 Å². The van der Waals surface area contributed by atoms with Gasteiger partial charge in [-0.05, 0) is 59.1 Å². The molecule has 32 heavy (non-hydrogen) atoms. The number of likely N-dealkylation sites (tertiary alicyclic amines) is 1. The van der Waals surface area contributed by atoms with Gasteiger partial charge in [-0.15, -0.1) is 0 Å². The van der Waals surface area contributed by atoms with Gasteiger partial charge in [-0.3, -0.25) is 9.79 Å². The maximum atomic E-state index is 12.7. The van der Waals surface area contributed by atoms with Crippen LogP contribution in [-0.4, -0.2) is 90.1 Å². The van der Waals surface area contributed by atoms with Crippen molar-refractivity contribution in [3.8, 4) is 0 Å². The van der Waals surface area contributed by atoms with Gasteiger partial charge in [0.05, 0.1) is 18.8 Å². The lowest BCUT2D eigenvalue weighted by atomic mass is 10.0. The molecule has 9 nitrogen and oxygen atoms in total. The fraction of sp³-hybridized carbons (Fsp3) is 0.696. The van der Waals surface area contributed by atoms with Crippen molar-refractivity contribution in [3.05, 3.63) is 24.2 Å². The number of ether oxygens (including phenoxy) is 1. The van der Waals surface area contributed by atoms with E-state index in [4.69, 9.17) is 14.1 Å². The van der Waals surface area contributed by atoms with Crippen LogP contribution < -0.4 is 5.32 Å². The number of nitrogens with one attached hydrogen (secondary N) is 1. The molecule has 2 amide bonds. The van der Waals surface area contributed by atoms with Crippen LogP contribution in [-0.2, 0) is 4.74 Å². The fourth-order valence-electron chi connectivity index (χ4n) is 4.05. The van der Waals surface area contributed by atoms with Crippen LogP contribution in [0.25, 0.3) is 0 Å². The molecule has 0 saturated carbocycles. The average Bonchev–Trinajstić information content (AvgIpc) is 3.30. The molecule has 9 heteroatoms. The van der Waals surface area contributed by atoms with E-state index in [0.717, 1.165) is 31.8 Å². The van der Waals surface area contributed by atoms with Gasteiger partial charge in [0, 0.05) is 39.3 Å². The Hall–Kier alpha value is -2.71. The quantitative estimate of drug-likeness (QED) is 0.564. The Morgan fingerprint density at radius 1 is 1.16 bits per heavy atom. The first kappa shape index (κ1) is 23.9. The number of guanidine groups is 1. The zero-order chi connectivity index (χ0) is 23.1. The lowest BCUT2D eigenvalue weighted by Crippen LogP contribution is -2.54. The van der Waals surface area contributed by atoms with Crippen molar-refractivity contribution in [2.45, 2.75) is 58.6 Å². The molecule has 0 aliphatic carbocycles. The van der Waals surface area contributed by atoms with E-state index in [1.807, 2.05) is 37.5 Å². The van der Waals surface area contributed by atoms with Gasteiger partial charge in [-0.1, -0.05) is 0 Å². The van der Waals surface area contributed by atoms with Gasteiger partial charge >= 0.3 is 6.09 Å². The normalized spacial score (nSPS) is 20.3. The van der Waals surface area contributed by atoms with Gasteiger partial charge in [0.2, 0.25) is 0 Å². The number of piperidine rings is 1. The van der Waals surface area contributed by atoms with E-state index in [1.54, 1.807) is 12.1 Å². The number of furan rings is 1. The van der Waals surface area contributed by atoms with E-state index < -0.39 is 5.60 Å². The van der Waals surface area contributed by atoms with Crippen molar-refractivity contribution in [2.24, 2.45) is 4.99 Å². The molecule has 2 aliphatic heterocycles. The van der Waals surface area contributed by atoms with Gasteiger partial charge in [0.25, 0.3) is 5.91 Å². The van der Waals surface area contributed by atoms with Crippen LogP contribution in [0.2, 0.25) is 0 Å². The van der Waals surface area contributed by atoms with E-state index in [9.17, 15) is 9.59 Å². The summed E-state index contributed by atoms with van der Waals surface area (Å²) in [6, 6.07) is 3.46. The van der Waals surface area contributed by atoms with Crippen molar-refractivity contribution in [2.75, 3.05) is 45.8 Å². The molecule has 1 unspecified atom stereocenters. The minimum atomic E-state index is -0.510. The van der Waals surface area contributed by atoms with Gasteiger partial charge in [-0.2, -0.15) is 0 Å². The summed E-state index contributed by atoms with van der Waals surface area (Å²) in [7, 11) is 0. The van der Waals surface area contributed by atoms with Crippen molar-refractivity contribution < 1.29 is 18.7 Å². The number of aliphatic imine (C=N–C) groups is 1. The van der Waals surface area contributed by atoms with Crippen molar-refractivity contribution >= 4 is 18.0 Å². The molecule has 1 aromatic heterocycles. The van der Waals surface area contributed by atoms with Crippen molar-refractivity contribution in [3.63, 3.8) is 0 Å². The van der Waals surface area contributed by atoms with E-state index in [-0.39, 0.29) is 18.0 Å². The smallest absolute Gasteiger partial charge is 0.410 e. The molecular weight excluding hydrogens is 410 g/mol. The molecule has 1 N–H and O–H groups in total. The topological polar surface area (TPSA) is 90.6 Å². The van der Waals surface area contributed by atoms with Gasteiger partial charge in [-0.25, -0.2) is 4.79 Å². The molecule has 0 radical (unpaired) electrons. The fourth-order valence-corrected chi connectivity index (χ4v) is 4.05. The number of carbonyl (C=O) groups is 2. The molecule has 0 spiro atoms. The van der Waals surface area contributed by atoms with Gasteiger partial charge in [0.1, 0.15) is 5.60 Å². The second-order valence-electron chi connectivity index (χ2n) is 9.27. The Labute approximate surface area is 190 Å². The van der Waals surface area contributed by atoms with Gasteiger partial charge in [0.15, 0.2) is 11.7 Å². The molecule has 178 valence electrons. The van der Waals surface area contributed by atoms with E-state index in [1.165, 1.54) is 6.26 Å². The highest BCUT2D eigenvalue weighted by molar-refractivity contribution is 5.91. The Morgan fingerprint density at radius 3 is 2.50 bits per heavy atom. The lowest BCUT2D eigenvalue weighted by molar-refractivity contribution is 0.0109. The van der Waals surface area contributed by atoms with Crippen LogP contribution in [0.4, 0.5) is 4.79 Å². The van der Waals surface area contributed by atoms with Gasteiger partial charge < -0.3 is 29.2 Å². The van der Waals surface area contributed by atoms with Crippen LogP contribution in [0.1, 0.15) is 57.5 Å². The third-order valence-corrected chi connectivity index (χ3v) is 5.64. The molecule has 2 saturated heterocycles. The Morgan fingerprint density at radius 2 is 1.88 bits per heavy atom. The number of carbonyl (C=O) groups excluding carboxylic acids is 2. The Kier molecular flexibility index (Phi) is 8.04. The van der Waals surface area contributed by atoms with Crippen LogP contribution in [0.15, 0.2) is 27.8 Å². The summed E-state index contributed by atoms with van der Waals surface area (Å²) in [6.45, 7) is 12.3. The third-order valence-electron chi connectivity index (χ3n) is 5.64. The molecule has 3 heterocycles. The summed E-state index contributed by atoms with van der Waals surface area (Å²) >= 11 is 0. The summed E-state index contributed by atoms with van der Waals surface area (Å²) < 4.78 is 10.9. The molecule has 1 aromatic rings.